The summed E-state index contributed by atoms with van der Waals surface area (Å²) in [5.74, 6) is 0. The third-order valence-electron chi connectivity index (χ3n) is 0.594. The van der Waals surface area contributed by atoms with Gasteiger partial charge >= 0.3 is 0 Å². The molecule has 34 valence electrons. The molecule has 0 fully saturated rings. The van der Waals surface area contributed by atoms with E-state index >= 15 is 0 Å². The smallest absolute Gasteiger partial charge is 0.128 e. The Morgan fingerprint density at radius 2 is 2.29 bits per heavy atom. The predicted octanol–water partition coefficient (Wildman–Crippen LogP) is 1.30. The summed E-state index contributed by atoms with van der Waals surface area (Å²) in [6.07, 6.45) is 0. The lowest BCUT2D eigenvalue weighted by atomic mass is 10.1. The van der Waals surface area contributed by atoms with Crippen LogP contribution < -0.4 is 4.78 Å². The van der Waals surface area contributed by atoms with Gasteiger partial charge in [-0.15, -0.1) is 11.3 Å². The molecule has 7 heavy (non-hydrogen) atoms. The van der Waals surface area contributed by atoms with E-state index in [9.17, 15) is 0 Å². The van der Waals surface area contributed by atoms with Crippen molar-refractivity contribution < 1.29 is 0 Å². The maximum Gasteiger partial charge on any atom is 0.128 e. The van der Waals surface area contributed by atoms with Gasteiger partial charge in [-0.2, -0.15) is 0 Å². The number of halogens is 1. The summed E-state index contributed by atoms with van der Waals surface area (Å²) in [5.41, 5.74) is 0. The molecule has 0 aliphatic rings. The standard InChI is InChI=1S/C4H2BBrS/c5-3-1-2-4(6)7-3/h1-2H. The molecule has 0 spiro atoms. The van der Waals surface area contributed by atoms with Crippen molar-refractivity contribution in [2.24, 2.45) is 0 Å². The Hall–Kier alpha value is 0.245. The van der Waals surface area contributed by atoms with Crippen LogP contribution in [0.2, 0.25) is 0 Å². The molecule has 0 aliphatic carbocycles. The molecular weight excluding hydrogens is 171 g/mol. The van der Waals surface area contributed by atoms with Gasteiger partial charge in [0.2, 0.25) is 0 Å². The van der Waals surface area contributed by atoms with Gasteiger partial charge in [-0.3, -0.25) is 0 Å². The predicted molar refractivity (Wildman–Crippen MR) is 37.4 cm³/mol. The van der Waals surface area contributed by atoms with Crippen molar-refractivity contribution in [3.8, 4) is 0 Å². The molecule has 2 radical (unpaired) electrons. The molecular formula is C4H2BBrS. The van der Waals surface area contributed by atoms with Gasteiger partial charge in [-0.1, -0.05) is 6.07 Å². The van der Waals surface area contributed by atoms with Crippen molar-refractivity contribution >= 4 is 39.9 Å². The quantitative estimate of drug-likeness (QED) is 0.518. The molecule has 0 atom stereocenters. The van der Waals surface area contributed by atoms with E-state index in [2.05, 4.69) is 15.9 Å². The van der Waals surface area contributed by atoms with Crippen LogP contribution in [0.4, 0.5) is 0 Å². The monoisotopic (exact) mass is 172 g/mol. The summed E-state index contributed by atoms with van der Waals surface area (Å²) < 4.78 is 1.94. The van der Waals surface area contributed by atoms with Gasteiger partial charge in [0.05, 0.1) is 3.79 Å². The van der Waals surface area contributed by atoms with Crippen LogP contribution in [0.3, 0.4) is 0 Å². The first-order valence-corrected chi connectivity index (χ1v) is 3.41. The highest BCUT2D eigenvalue weighted by Gasteiger charge is 1.85. The van der Waals surface area contributed by atoms with E-state index < -0.39 is 0 Å². The molecule has 0 aliphatic heterocycles. The van der Waals surface area contributed by atoms with Crippen LogP contribution >= 0.6 is 27.3 Å². The Balaban J connectivity index is 3.04. The molecule has 0 aromatic carbocycles. The summed E-state index contributed by atoms with van der Waals surface area (Å²) in [7, 11) is 5.37. The summed E-state index contributed by atoms with van der Waals surface area (Å²) in [6.45, 7) is 0. The molecule has 0 saturated heterocycles. The zero-order valence-corrected chi connectivity index (χ0v) is 5.92. The largest absolute Gasteiger partial charge is 0.145 e. The fourth-order valence-electron chi connectivity index (χ4n) is 0.328. The van der Waals surface area contributed by atoms with Gasteiger partial charge in [0.15, 0.2) is 0 Å². The van der Waals surface area contributed by atoms with Gasteiger partial charge in [-0.25, -0.2) is 0 Å². The van der Waals surface area contributed by atoms with E-state index in [1.54, 1.807) is 0 Å². The number of rotatable bonds is 0. The first-order valence-electron chi connectivity index (χ1n) is 1.80. The number of hydrogen-bond donors (Lipinski definition) is 0. The summed E-state index contributed by atoms with van der Waals surface area (Å²) in [6, 6.07) is 3.80. The van der Waals surface area contributed by atoms with Gasteiger partial charge in [-0.05, 0) is 26.8 Å². The summed E-state index contributed by atoms with van der Waals surface area (Å²) >= 11 is 4.81. The SMILES string of the molecule is [B]c1ccc(Br)s1. The third kappa shape index (κ3) is 1.32. The zero-order valence-electron chi connectivity index (χ0n) is 3.52. The molecule has 1 rings (SSSR count). The molecule has 1 heterocycles. The molecule has 0 nitrogen and oxygen atoms in total. The van der Waals surface area contributed by atoms with E-state index in [0.717, 1.165) is 8.56 Å². The van der Waals surface area contributed by atoms with E-state index in [0.29, 0.717) is 0 Å². The maximum absolute atomic E-state index is 5.37. The molecule has 0 amide bonds. The Bertz CT molecular complexity index is 144. The lowest BCUT2D eigenvalue weighted by Crippen LogP contribution is -1.88. The second-order valence-electron chi connectivity index (χ2n) is 1.14. The average molecular weight is 173 g/mol. The van der Waals surface area contributed by atoms with Crippen molar-refractivity contribution in [1.82, 2.24) is 0 Å². The van der Waals surface area contributed by atoms with Crippen molar-refractivity contribution in [2.45, 2.75) is 0 Å². The van der Waals surface area contributed by atoms with Crippen LogP contribution in [0.15, 0.2) is 15.9 Å². The van der Waals surface area contributed by atoms with Crippen LogP contribution in [0.5, 0.6) is 0 Å². The van der Waals surface area contributed by atoms with E-state index in [4.69, 9.17) is 7.85 Å². The van der Waals surface area contributed by atoms with Gasteiger partial charge in [0.1, 0.15) is 7.85 Å². The highest BCUT2D eigenvalue weighted by Crippen LogP contribution is 2.12. The van der Waals surface area contributed by atoms with Crippen LogP contribution in [-0.2, 0) is 0 Å². The summed E-state index contributed by atoms with van der Waals surface area (Å²) in [4.78, 5) is 0. The number of thiophene rings is 1. The number of hydrogen-bond acceptors (Lipinski definition) is 1. The lowest BCUT2D eigenvalue weighted by Gasteiger charge is -1.70. The molecule has 0 bridgehead atoms. The molecule has 3 heteroatoms. The minimum Gasteiger partial charge on any atom is -0.145 e. The fraction of sp³-hybridized carbons (Fsp3) is 0. The summed E-state index contributed by atoms with van der Waals surface area (Å²) in [5, 5.41) is 0. The van der Waals surface area contributed by atoms with Crippen molar-refractivity contribution in [1.29, 1.82) is 0 Å². The first kappa shape index (κ1) is 5.38. The molecule has 0 saturated carbocycles. The van der Waals surface area contributed by atoms with Gasteiger partial charge < -0.3 is 0 Å². The molecule has 0 N–H and O–H groups in total. The van der Waals surface area contributed by atoms with E-state index in [1.807, 2.05) is 12.1 Å². The molecule has 1 aromatic rings. The van der Waals surface area contributed by atoms with Crippen LogP contribution in [0.25, 0.3) is 0 Å². The minimum absolute atomic E-state index is 0.854. The minimum atomic E-state index is 0.854. The Morgan fingerprint density at radius 3 is 2.43 bits per heavy atom. The molecule has 0 unspecified atom stereocenters. The van der Waals surface area contributed by atoms with Crippen LogP contribution in [0.1, 0.15) is 0 Å². The van der Waals surface area contributed by atoms with Crippen molar-refractivity contribution in [2.75, 3.05) is 0 Å². The van der Waals surface area contributed by atoms with Crippen molar-refractivity contribution in [3.63, 3.8) is 0 Å². The van der Waals surface area contributed by atoms with E-state index in [-0.39, 0.29) is 0 Å². The topological polar surface area (TPSA) is 0 Å². The second kappa shape index (κ2) is 2.01. The zero-order chi connectivity index (χ0) is 5.28. The average Bonchev–Trinajstić information content (AvgIpc) is 1.87. The Kier molecular flexibility index (Phi) is 1.55. The van der Waals surface area contributed by atoms with Gasteiger partial charge in [0.25, 0.3) is 0 Å². The van der Waals surface area contributed by atoms with E-state index in [1.165, 1.54) is 11.3 Å². The first-order chi connectivity index (χ1) is 3.29. The van der Waals surface area contributed by atoms with Crippen LogP contribution in [0, 0.1) is 0 Å². The lowest BCUT2D eigenvalue weighted by molar-refractivity contribution is 2.00. The third-order valence-corrected chi connectivity index (χ3v) is 2.05. The van der Waals surface area contributed by atoms with Crippen molar-refractivity contribution in [3.05, 3.63) is 15.9 Å². The fourth-order valence-corrected chi connectivity index (χ4v) is 1.52. The van der Waals surface area contributed by atoms with Gasteiger partial charge in [0, 0.05) is 0 Å². The Labute approximate surface area is 56.1 Å². The highest BCUT2D eigenvalue weighted by atomic mass is 79.9. The molecule has 1 aromatic heterocycles. The second-order valence-corrected chi connectivity index (χ2v) is 3.64. The normalized spacial score (nSPS) is 9.29. The Morgan fingerprint density at radius 1 is 1.57 bits per heavy atom. The highest BCUT2D eigenvalue weighted by molar-refractivity contribution is 9.11. The maximum atomic E-state index is 5.37. The van der Waals surface area contributed by atoms with Crippen LogP contribution in [-0.4, -0.2) is 7.85 Å².